The highest BCUT2D eigenvalue weighted by atomic mass is 79.9. The summed E-state index contributed by atoms with van der Waals surface area (Å²) in [6, 6.07) is 43.0. The second kappa shape index (κ2) is 25.5. The maximum absolute atomic E-state index is 13.4. The predicted octanol–water partition coefficient (Wildman–Crippen LogP) is 8.26. The van der Waals surface area contributed by atoms with Crippen LogP contribution in [0.2, 0.25) is 0 Å². The number of amides is 4. The van der Waals surface area contributed by atoms with Crippen LogP contribution in [0, 0.1) is 0 Å². The van der Waals surface area contributed by atoms with E-state index in [0.29, 0.717) is 43.2 Å². The van der Waals surface area contributed by atoms with Crippen LogP contribution in [-0.2, 0) is 11.1 Å². The molecule has 70 heavy (non-hydrogen) atoms. The van der Waals surface area contributed by atoms with Gasteiger partial charge in [0.15, 0.2) is 0 Å². The van der Waals surface area contributed by atoms with Crippen molar-refractivity contribution in [1.29, 1.82) is 0 Å². The molecule has 0 bridgehead atoms. The molecular formula is C54H64BBrN6O8. The zero-order valence-electron chi connectivity index (χ0n) is 40.2. The Bertz CT molecular complexity index is 2530. The lowest BCUT2D eigenvalue weighted by Gasteiger charge is -2.35. The molecule has 4 heterocycles. The number of hydrogen-bond donors (Lipinski definition) is 6. The third-order valence-electron chi connectivity index (χ3n) is 13.2. The van der Waals surface area contributed by atoms with E-state index in [2.05, 4.69) is 74.6 Å². The van der Waals surface area contributed by atoms with E-state index in [1.165, 1.54) is 19.4 Å². The lowest BCUT2D eigenvalue weighted by molar-refractivity contribution is 0.168. The third kappa shape index (κ3) is 13.5. The van der Waals surface area contributed by atoms with Gasteiger partial charge in [-0.3, -0.25) is 0 Å². The minimum absolute atomic E-state index is 0.0104. The molecule has 4 aromatic carbocycles. The van der Waals surface area contributed by atoms with Crippen molar-refractivity contribution in [1.82, 2.24) is 30.4 Å². The molecule has 368 valence electrons. The summed E-state index contributed by atoms with van der Waals surface area (Å²) in [5, 5.41) is 43.2. The Morgan fingerprint density at radius 3 is 1.43 bits per heavy atom. The van der Waals surface area contributed by atoms with Crippen molar-refractivity contribution < 1.29 is 39.3 Å². The summed E-state index contributed by atoms with van der Waals surface area (Å²) in [4.78, 5) is 38.3. The number of benzene rings is 4. The van der Waals surface area contributed by atoms with Crippen LogP contribution in [0.15, 0.2) is 150 Å². The molecule has 0 aliphatic carbocycles. The molecule has 2 aliphatic rings. The zero-order valence-corrected chi connectivity index (χ0v) is 41.8. The second-order valence-corrected chi connectivity index (χ2v) is 18.3. The highest BCUT2D eigenvalue weighted by Crippen LogP contribution is 2.36. The Morgan fingerprint density at radius 2 is 1.04 bits per heavy atom. The Morgan fingerprint density at radius 1 is 0.614 bits per heavy atom. The molecule has 2 aromatic heterocycles. The minimum Gasteiger partial charge on any atom is -0.481 e. The summed E-state index contributed by atoms with van der Waals surface area (Å²) in [6.45, 7) is 5.54. The minimum atomic E-state index is -1.46. The van der Waals surface area contributed by atoms with Gasteiger partial charge in [-0.05, 0) is 104 Å². The number of halogens is 1. The SMILES string of the molecule is COc1ccc(-c2ccc([C@H](C)N3CCC[C@](CCO)(c4ccccc4)NC3=O)cc2)cn1.COc1ccc(B(O)O)cn1.C[C@@H](c1ccc(Br)cc1)N1CCC[C@](CCO)(c2ccccc2)NC1=O. The molecule has 4 atom stereocenters. The quantitative estimate of drug-likeness (QED) is 0.0580. The number of urea groups is 2. The van der Waals surface area contributed by atoms with Gasteiger partial charge in [0.2, 0.25) is 11.8 Å². The lowest BCUT2D eigenvalue weighted by Crippen LogP contribution is -2.49. The Balaban J connectivity index is 0.000000192. The van der Waals surface area contributed by atoms with Crippen molar-refractivity contribution in [2.75, 3.05) is 40.5 Å². The highest BCUT2D eigenvalue weighted by Gasteiger charge is 2.40. The largest absolute Gasteiger partial charge is 0.490 e. The van der Waals surface area contributed by atoms with E-state index in [0.717, 1.165) is 63.5 Å². The Hall–Kier alpha value is -6.30. The van der Waals surface area contributed by atoms with Gasteiger partial charge in [-0.1, -0.05) is 119 Å². The number of rotatable bonds is 14. The Labute approximate surface area is 420 Å². The van der Waals surface area contributed by atoms with Crippen molar-refractivity contribution in [3.63, 3.8) is 0 Å². The topological polar surface area (TPSA) is 190 Å². The number of carbonyl (C=O) groups is 2. The van der Waals surface area contributed by atoms with E-state index in [9.17, 15) is 19.8 Å². The van der Waals surface area contributed by atoms with Gasteiger partial charge in [0.25, 0.3) is 0 Å². The molecule has 8 rings (SSSR count). The van der Waals surface area contributed by atoms with Crippen LogP contribution in [0.25, 0.3) is 11.1 Å². The maximum Gasteiger partial charge on any atom is 0.490 e. The second-order valence-electron chi connectivity index (χ2n) is 17.4. The number of aliphatic hydroxyl groups excluding tert-OH is 2. The maximum atomic E-state index is 13.4. The number of ether oxygens (including phenoxy) is 2. The highest BCUT2D eigenvalue weighted by molar-refractivity contribution is 9.10. The zero-order chi connectivity index (χ0) is 50.1. The van der Waals surface area contributed by atoms with Gasteiger partial charge >= 0.3 is 19.2 Å². The normalized spacial score (nSPS) is 18.8. The van der Waals surface area contributed by atoms with Crippen molar-refractivity contribution >= 4 is 40.6 Å². The molecule has 6 N–H and O–H groups in total. The number of aromatic nitrogens is 2. The van der Waals surface area contributed by atoms with E-state index < -0.39 is 18.2 Å². The van der Waals surface area contributed by atoms with Crippen LogP contribution in [0.1, 0.15) is 86.7 Å². The summed E-state index contributed by atoms with van der Waals surface area (Å²) >= 11 is 3.46. The van der Waals surface area contributed by atoms with E-state index in [1.807, 2.05) is 107 Å². The van der Waals surface area contributed by atoms with Crippen LogP contribution in [0.5, 0.6) is 11.8 Å². The molecule has 2 aliphatic heterocycles. The van der Waals surface area contributed by atoms with E-state index in [4.69, 9.17) is 19.5 Å². The van der Waals surface area contributed by atoms with Crippen LogP contribution in [-0.4, -0.2) is 99.7 Å². The fourth-order valence-corrected chi connectivity index (χ4v) is 9.37. The summed E-state index contributed by atoms with van der Waals surface area (Å²) in [7, 11) is 1.64. The van der Waals surface area contributed by atoms with Gasteiger partial charge in [0, 0.05) is 60.3 Å². The standard InChI is InChI=1S/C27H31N3O3.C21H25BrN2O2.C6H8BNO3/c1-20(21-9-11-22(12-10-21)23-13-14-25(33-2)28-19-23)30-17-6-15-27(16-18-31,29-26(30)32)24-7-4-3-5-8-24;1-16(17-8-10-19(22)11-9-17)24-14-5-12-21(13-15-25,23-20(24)26)18-6-3-2-4-7-18;1-11-6-3-2-5(4-8-6)7(9)10/h3-5,7-14,19-20,31H,6,15-18H2,1-2H3,(H,29,32);2-4,6-11,16,25H,5,12-15H2,1H3,(H,23,26);2-4,9-10H,1H3/t20-,27-;16-,21-;/m00./s1. The van der Waals surface area contributed by atoms with Crippen molar-refractivity contribution in [2.45, 2.75) is 75.5 Å². The van der Waals surface area contributed by atoms with E-state index in [-0.39, 0.29) is 37.4 Å². The summed E-state index contributed by atoms with van der Waals surface area (Å²) in [6.07, 6.45) is 7.50. The number of nitrogens with zero attached hydrogens (tertiary/aromatic N) is 4. The molecule has 2 fully saturated rings. The predicted molar refractivity (Wildman–Crippen MR) is 276 cm³/mol. The number of hydrogen-bond acceptors (Lipinski definition) is 10. The smallest absolute Gasteiger partial charge is 0.481 e. The van der Waals surface area contributed by atoms with Crippen LogP contribution < -0.4 is 25.6 Å². The molecule has 0 spiro atoms. The first-order chi connectivity index (χ1) is 33.8. The number of aliphatic hydroxyl groups is 2. The monoisotopic (exact) mass is 1010 g/mol. The third-order valence-corrected chi connectivity index (χ3v) is 13.7. The van der Waals surface area contributed by atoms with Crippen molar-refractivity contribution in [2.24, 2.45) is 0 Å². The average Bonchev–Trinajstić information content (AvgIpc) is 3.68. The Kier molecular flexibility index (Phi) is 19.4. The molecule has 6 aromatic rings. The van der Waals surface area contributed by atoms with Crippen LogP contribution >= 0.6 is 15.9 Å². The first-order valence-electron chi connectivity index (χ1n) is 23.6. The van der Waals surface area contributed by atoms with Gasteiger partial charge in [0.05, 0.1) is 37.4 Å². The molecule has 0 unspecified atom stereocenters. The van der Waals surface area contributed by atoms with E-state index in [1.54, 1.807) is 19.4 Å². The average molecular weight is 1020 g/mol. The van der Waals surface area contributed by atoms with Crippen LogP contribution in [0.4, 0.5) is 9.59 Å². The van der Waals surface area contributed by atoms with Crippen LogP contribution in [0.3, 0.4) is 0 Å². The van der Waals surface area contributed by atoms with Crippen molar-refractivity contribution in [3.8, 4) is 22.9 Å². The first-order valence-corrected chi connectivity index (χ1v) is 24.4. The summed E-state index contributed by atoms with van der Waals surface area (Å²) in [5.74, 6) is 1.04. The molecule has 14 nitrogen and oxygen atoms in total. The summed E-state index contributed by atoms with van der Waals surface area (Å²) < 4.78 is 10.9. The molecule has 4 amide bonds. The molecule has 0 saturated carbocycles. The molecule has 16 heteroatoms. The van der Waals surface area contributed by atoms with E-state index >= 15 is 0 Å². The first kappa shape index (κ1) is 53.1. The number of pyridine rings is 2. The van der Waals surface area contributed by atoms with Gasteiger partial charge in [-0.25, -0.2) is 19.6 Å². The lowest BCUT2D eigenvalue weighted by atomic mass is 9.82. The fourth-order valence-electron chi connectivity index (χ4n) is 9.11. The van der Waals surface area contributed by atoms with Gasteiger partial charge in [-0.2, -0.15) is 0 Å². The van der Waals surface area contributed by atoms with Gasteiger partial charge in [0.1, 0.15) is 0 Å². The number of carbonyl (C=O) groups excluding carboxylic acids is 2. The number of methoxy groups -OCH3 is 2. The van der Waals surface area contributed by atoms with Gasteiger partial charge < -0.3 is 50.2 Å². The van der Waals surface area contributed by atoms with Gasteiger partial charge in [-0.15, -0.1) is 0 Å². The van der Waals surface area contributed by atoms with Crippen molar-refractivity contribution in [3.05, 3.63) is 173 Å². The number of nitrogens with one attached hydrogen (secondary N) is 2. The fraction of sp³-hybridized carbons (Fsp3) is 0.333. The summed E-state index contributed by atoms with van der Waals surface area (Å²) in [5.41, 5.74) is 5.65. The molecular weight excluding hydrogens is 951 g/mol. The molecule has 0 radical (unpaired) electrons. The molecule has 2 saturated heterocycles.